The van der Waals surface area contributed by atoms with Crippen molar-refractivity contribution in [1.29, 1.82) is 0 Å². The number of ether oxygens (including phenoxy) is 1. The lowest BCUT2D eigenvalue weighted by Gasteiger charge is -2.31. The summed E-state index contributed by atoms with van der Waals surface area (Å²) in [6.07, 6.45) is 1.19. The van der Waals surface area contributed by atoms with E-state index in [4.69, 9.17) is 16.3 Å². The molecule has 2 unspecified atom stereocenters. The largest absolute Gasteiger partial charge is 0.481 e. The first-order valence-corrected chi connectivity index (χ1v) is 10.5. The van der Waals surface area contributed by atoms with Crippen LogP contribution in [0.25, 0.3) is 0 Å². The van der Waals surface area contributed by atoms with Crippen molar-refractivity contribution in [3.05, 3.63) is 64.9 Å². The van der Waals surface area contributed by atoms with Crippen LogP contribution in [-0.4, -0.2) is 35.4 Å². The molecule has 0 bridgehead atoms. The molecule has 2 amide bonds. The predicted molar refractivity (Wildman–Crippen MR) is 116 cm³/mol. The zero-order valence-electron chi connectivity index (χ0n) is 17.5. The number of carbonyl (C=O) groups excluding carboxylic acids is 2. The van der Waals surface area contributed by atoms with Crippen LogP contribution in [0.3, 0.4) is 0 Å². The monoisotopic (exact) mass is 434 g/mol. The lowest BCUT2D eigenvalue weighted by atomic mass is 10.1. The molecule has 0 aliphatic heterocycles. The number of nitrogens with zero attached hydrogens (tertiary/aromatic N) is 1. The zero-order valence-corrected chi connectivity index (χ0v) is 18.3. The van der Waals surface area contributed by atoms with Crippen LogP contribution in [0.5, 0.6) is 5.75 Å². The van der Waals surface area contributed by atoms with Gasteiger partial charge in [-0.05, 0) is 43.5 Å². The number of benzene rings is 2. The highest BCUT2D eigenvalue weighted by Gasteiger charge is 2.30. The van der Waals surface area contributed by atoms with Crippen LogP contribution in [0.4, 0.5) is 4.39 Å². The Morgan fingerprint density at radius 3 is 2.40 bits per heavy atom. The van der Waals surface area contributed by atoms with Gasteiger partial charge in [0.25, 0.3) is 5.91 Å². The highest BCUT2D eigenvalue weighted by molar-refractivity contribution is 6.31. The Kier molecular flexibility index (Phi) is 9.12. The molecule has 7 heteroatoms. The third-order valence-electron chi connectivity index (χ3n) is 4.87. The van der Waals surface area contributed by atoms with E-state index in [0.29, 0.717) is 17.0 Å². The van der Waals surface area contributed by atoms with Gasteiger partial charge in [-0.1, -0.05) is 55.8 Å². The molecule has 30 heavy (non-hydrogen) atoms. The van der Waals surface area contributed by atoms with Crippen LogP contribution in [-0.2, 0) is 16.1 Å². The molecule has 0 fully saturated rings. The average molecular weight is 435 g/mol. The van der Waals surface area contributed by atoms with Crippen molar-refractivity contribution in [3.63, 3.8) is 0 Å². The van der Waals surface area contributed by atoms with Gasteiger partial charge in [0.2, 0.25) is 5.91 Å². The maximum Gasteiger partial charge on any atom is 0.261 e. The van der Waals surface area contributed by atoms with Crippen LogP contribution >= 0.6 is 11.6 Å². The van der Waals surface area contributed by atoms with Crippen molar-refractivity contribution in [2.45, 2.75) is 52.2 Å². The van der Waals surface area contributed by atoms with E-state index in [-0.39, 0.29) is 24.2 Å². The second-order valence-corrected chi connectivity index (χ2v) is 7.48. The molecule has 0 saturated heterocycles. The fraction of sp³-hybridized carbons (Fsp3) is 0.391. The summed E-state index contributed by atoms with van der Waals surface area (Å²) in [5.74, 6) is -1.23. The Hall–Kier alpha value is -2.60. The van der Waals surface area contributed by atoms with Crippen LogP contribution in [0.15, 0.2) is 48.5 Å². The Bertz CT molecular complexity index is 862. The summed E-state index contributed by atoms with van der Waals surface area (Å²) < 4.78 is 19.2. The molecular formula is C23H28ClFN2O3. The number of rotatable bonds is 10. The zero-order chi connectivity index (χ0) is 22.1. The molecule has 162 valence electrons. The second-order valence-electron chi connectivity index (χ2n) is 7.07. The molecule has 0 saturated carbocycles. The summed E-state index contributed by atoms with van der Waals surface area (Å²) in [7, 11) is 0. The van der Waals surface area contributed by atoms with Gasteiger partial charge in [-0.3, -0.25) is 9.59 Å². The number of amides is 2. The van der Waals surface area contributed by atoms with E-state index in [1.165, 1.54) is 17.0 Å². The summed E-state index contributed by atoms with van der Waals surface area (Å²) in [5.41, 5.74) is 0.716. The fourth-order valence-corrected chi connectivity index (χ4v) is 3.15. The summed E-state index contributed by atoms with van der Waals surface area (Å²) in [4.78, 5) is 27.4. The molecule has 0 spiro atoms. The Morgan fingerprint density at radius 2 is 1.77 bits per heavy atom. The highest BCUT2D eigenvalue weighted by atomic mass is 35.5. The SMILES string of the molecule is CCC(C)NC(=O)C(CC)N(Cc1ccccc1Cl)C(=O)COc1ccccc1F. The third-order valence-corrected chi connectivity index (χ3v) is 5.24. The number of halogens is 2. The summed E-state index contributed by atoms with van der Waals surface area (Å²) >= 11 is 6.28. The molecule has 2 rings (SSSR count). The molecule has 0 aliphatic carbocycles. The van der Waals surface area contributed by atoms with Crippen molar-refractivity contribution in [3.8, 4) is 5.75 Å². The third kappa shape index (κ3) is 6.46. The first-order valence-electron chi connectivity index (χ1n) is 10.1. The van der Waals surface area contributed by atoms with Crippen molar-refractivity contribution in [1.82, 2.24) is 10.2 Å². The molecule has 2 aromatic carbocycles. The van der Waals surface area contributed by atoms with E-state index in [1.807, 2.05) is 26.8 Å². The number of carbonyl (C=O) groups is 2. The minimum absolute atomic E-state index is 0.0133. The van der Waals surface area contributed by atoms with E-state index in [9.17, 15) is 14.0 Å². The van der Waals surface area contributed by atoms with E-state index in [2.05, 4.69) is 5.32 Å². The second kappa shape index (κ2) is 11.6. The fourth-order valence-electron chi connectivity index (χ4n) is 2.95. The molecular weight excluding hydrogens is 407 g/mol. The summed E-state index contributed by atoms with van der Waals surface area (Å²) in [6, 6.07) is 12.3. The molecule has 0 aliphatic rings. The van der Waals surface area contributed by atoms with Gasteiger partial charge in [-0.25, -0.2) is 4.39 Å². The van der Waals surface area contributed by atoms with Crippen molar-refractivity contribution in [2.24, 2.45) is 0 Å². The molecule has 0 heterocycles. The van der Waals surface area contributed by atoms with Crippen LogP contribution in [0.2, 0.25) is 5.02 Å². The predicted octanol–water partition coefficient (Wildman–Crippen LogP) is 4.58. The van der Waals surface area contributed by atoms with Gasteiger partial charge >= 0.3 is 0 Å². The van der Waals surface area contributed by atoms with Crippen LogP contribution in [0, 0.1) is 5.82 Å². The maximum absolute atomic E-state index is 13.8. The average Bonchev–Trinajstić information content (AvgIpc) is 2.74. The van der Waals surface area contributed by atoms with Crippen LogP contribution < -0.4 is 10.1 Å². The normalized spacial score (nSPS) is 12.7. The quantitative estimate of drug-likeness (QED) is 0.595. The summed E-state index contributed by atoms with van der Waals surface area (Å²) in [5, 5.41) is 3.43. The van der Waals surface area contributed by atoms with Crippen LogP contribution in [0.1, 0.15) is 39.2 Å². The molecule has 0 radical (unpaired) electrons. The standard InChI is InChI=1S/C23H28ClFN2O3/c1-4-16(3)26-23(29)20(5-2)27(14-17-10-6-7-11-18(17)24)22(28)15-30-21-13-9-8-12-19(21)25/h6-13,16,20H,4-5,14-15H2,1-3H3,(H,26,29). The Morgan fingerprint density at radius 1 is 1.10 bits per heavy atom. The lowest BCUT2D eigenvalue weighted by molar-refractivity contribution is -0.143. The number of nitrogens with one attached hydrogen (secondary N) is 1. The highest BCUT2D eigenvalue weighted by Crippen LogP contribution is 2.21. The van der Waals surface area contributed by atoms with Gasteiger partial charge in [0.1, 0.15) is 6.04 Å². The minimum atomic E-state index is -0.702. The number of para-hydroxylation sites is 1. The van der Waals surface area contributed by atoms with Crippen molar-refractivity contribution >= 4 is 23.4 Å². The van der Waals surface area contributed by atoms with E-state index in [0.717, 1.165) is 6.42 Å². The first kappa shape index (κ1) is 23.7. The number of hydrogen-bond acceptors (Lipinski definition) is 3. The van der Waals surface area contributed by atoms with Crippen molar-refractivity contribution in [2.75, 3.05) is 6.61 Å². The smallest absolute Gasteiger partial charge is 0.261 e. The van der Waals surface area contributed by atoms with Crippen molar-refractivity contribution < 1.29 is 18.7 Å². The van der Waals surface area contributed by atoms with Gasteiger partial charge in [0.05, 0.1) is 0 Å². The van der Waals surface area contributed by atoms with E-state index < -0.39 is 24.4 Å². The van der Waals surface area contributed by atoms with Gasteiger partial charge in [-0.15, -0.1) is 0 Å². The molecule has 0 aromatic heterocycles. The lowest BCUT2D eigenvalue weighted by Crippen LogP contribution is -2.51. The van der Waals surface area contributed by atoms with Gasteiger partial charge < -0.3 is 15.0 Å². The first-order chi connectivity index (χ1) is 14.4. The Labute approximate surface area is 182 Å². The number of hydrogen-bond donors (Lipinski definition) is 1. The Balaban J connectivity index is 2.24. The van der Waals surface area contributed by atoms with E-state index >= 15 is 0 Å². The van der Waals surface area contributed by atoms with Gasteiger partial charge in [-0.2, -0.15) is 0 Å². The topological polar surface area (TPSA) is 58.6 Å². The summed E-state index contributed by atoms with van der Waals surface area (Å²) in [6.45, 7) is 5.47. The molecule has 5 nitrogen and oxygen atoms in total. The van der Waals surface area contributed by atoms with Gasteiger partial charge in [0, 0.05) is 17.6 Å². The maximum atomic E-state index is 13.8. The minimum Gasteiger partial charge on any atom is -0.481 e. The van der Waals surface area contributed by atoms with E-state index in [1.54, 1.807) is 30.3 Å². The molecule has 2 aromatic rings. The van der Waals surface area contributed by atoms with Gasteiger partial charge in [0.15, 0.2) is 18.2 Å². The molecule has 1 N–H and O–H groups in total. The molecule has 2 atom stereocenters.